The Morgan fingerprint density at radius 3 is 2.44 bits per heavy atom. The van der Waals surface area contributed by atoms with E-state index in [4.69, 9.17) is 4.74 Å². The van der Waals surface area contributed by atoms with Gasteiger partial charge in [0, 0.05) is 12.8 Å². The van der Waals surface area contributed by atoms with Crippen molar-refractivity contribution in [2.75, 3.05) is 5.32 Å². The Morgan fingerprint density at radius 1 is 1.28 bits per heavy atom. The summed E-state index contributed by atoms with van der Waals surface area (Å²) in [5.74, 6) is -2.97. The second kappa shape index (κ2) is 8.09. The number of hydrogen-bond donors (Lipinski definition) is 1. The number of hydrogen-bond acceptors (Lipinski definition) is 5. The van der Waals surface area contributed by atoms with E-state index in [2.05, 4.69) is 10.3 Å². The lowest BCUT2D eigenvalue weighted by Crippen LogP contribution is -2.28. The number of alkyl halides is 3. The molecule has 1 aromatic rings. The van der Waals surface area contributed by atoms with E-state index in [1.165, 1.54) is 18.2 Å². The van der Waals surface area contributed by atoms with Crippen LogP contribution in [0.4, 0.5) is 23.8 Å². The lowest BCUT2D eigenvalue weighted by atomic mass is 9.97. The Bertz CT molecular complexity index is 639. The molecule has 1 aromatic heterocycles. The number of halogens is 3. The van der Waals surface area contributed by atoms with Gasteiger partial charge in [-0.15, -0.1) is 0 Å². The van der Waals surface area contributed by atoms with Gasteiger partial charge in [-0.05, 0) is 32.9 Å². The number of ether oxygens (including phenoxy) is 1. The van der Waals surface area contributed by atoms with Crippen molar-refractivity contribution < 1.29 is 32.3 Å². The highest BCUT2D eigenvalue weighted by Gasteiger charge is 2.40. The fourth-order valence-corrected chi connectivity index (χ4v) is 1.85. The smallest absolute Gasteiger partial charge is 0.413 e. The van der Waals surface area contributed by atoms with E-state index in [0.29, 0.717) is 0 Å². The zero-order chi connectivity index (χ0) is 19.3. The van der Waals surface area contributed by atoms with Gasteiger partial charge in [-0.3, -0.25) is 10.1 Å². The number of aldehydes is 1. The third-order valence-electron chi connectivity index (χ3n) is 2.94. The maximum Gasteiger partial charge on any atom is 0.413 e. The molecule has 0 aromatic carbocycles. The van der Waals surface area contributed by atoms with Gasteiger partial charge in [0.1, 0.15) is 23.4 Å². The Kier molecular flexibility index (Phi) is 6.66. The van der Waals surface area contributed by atoms with E-state index in [1.54, 1.807) is 20.8 Å². The summed E-state index contributed by atoms with van der Waals surface area (Å²) in [6, 6.07) is 3.97. The molecule has 0 aliphatic rings. The first-order chi connectivity index (χ1) is 11.4. The van der Waals surface area contributed by atoms with E-state index >= 15 is 0 Å². The largest absolute Gasteiger partial charge is 0.444 e. The highest BCUT2D eigenvalue weighted by molar-refractivity contribution is 5.95. The molecule has 0 saturated carbocycles. The Hall–Kier alpha value is -2.45. The number of pyridine rings is 1. The first kappa shape index (κ1) is 20.6. The molecule has 0 spiro atoms. The van der Waals surface area contributed by atoms with Crippen molar-refractivity contribution in [2.45, 2.75) is 45.4 Å². The van der Waals surface area contributed by atoms with Gasteiger partial charge >= 0.3 is 12.3 Å². The standard InChI is InChI=1S/C16H19F3N2O4/c1-15(2,3)25-14(24)21-13-6-4-5-11(20-13)12(23)9-10(7-8-22)16(17,18)19/h4-6,8,10H,7,9H2,1-3H3,(H,20,21,24)/t10-/m1/s1. The Balaban J connectivity index is 2.84. The van der Waals surface area contributed by atoms with Gasteiger partial charge < -0.3 is 9.53 Å². The van der Waals surface area contributed by atoms with E-state index in [9.17, 15) is 27.6 Å². The minimum Gasteiger partial charge on any atom is -0.444 e. The molecule has 6 nitrogen and oxygen atoms in total. The molecule has 0 aliphatic carbocycles. The zero-order valence-electron chi connectivity index (χ0n) is 14.0. The predicted octanol–water partition coefficient (Wildman–Crippen LogP) is 3.77. The van der Waals surface area contributed by atoms with E-state index in [1.807, 2.05) is 0 Å². The van der Waals surface area contributed by atoms with Gasteiger partial charge in [-0.25, -0.2) is 9.78 Å². The molecule has 0 radical (unpaired) electrons. The molecule has 0 bridgehead atoms. The summed E-state index contributed by atoms with van der Waals surface area (Å²) in [5, 5.41) is 2.30. The maximum atomic E-state index is 12.8. The molecule has 1 amide bonds. The number of nitrogens with one attached hydrogen (secondary N) is 1. The lowest BCUT2D eigenvalue weighted by Gasteiger charge is -2.19. The lowest BCUT2D eigenvalue weighted by molar-refractivity contribution is -0.175. The Morgan fingerprint density at radius 2 is 1.92 bits per heavy atom. The summed E-state index contributed by atoms with van der Waals surface area (Å²) in [6.45, 7) is 4.97. The van der Waals surface area contributed by atoms with Crippen LogP contribution in [0.15, 0.2) is 18.2 Å². The van der Waals surface area contributed by atoms with Crippen molar-refractivity contribution in [1.82, 2.24) is 4.98 Å². The number of anilines is 1. The summed E-state index contributed by atoms with van der Waals surface area (Å²) in [5.41, 5.74) is -0.986. The second-order valence-electron chi connectivity index (χ2n) is 6.30. The van der Waals surface area contributed by atoms with Crippen LogP contribution in [-0.2, 0) is 9.53 Å². The fraction of sp³-hybridized carbons (Fsp3) is 0.500. The number of aromatic nitrogens is 1. The molecule has 9 heteroatoms. The fourth-order valence-electron chi connectivity index (χ4n) is 1.85. The summed E-state index contributed by atoms with van der Waals surface area (Å²) >= 11 is 0. The maximum absolute atomic E-state index is 12.8. The average molecular weight is 360 g/mol. The van der Waals surface area contributed by atoms with Crippen LogP contribution >= 0.6 is 0 Å². The summed E-state index contributed by atoms with van der Waals surface area (Å²) in [4.78, 5) is 37.9. The first-order valence-electron chi connectivity index (χ1n) is 7.43. The monoisotopic (exact) mass is 360 g/mol. The van der Waals surface area contributed by atoms with Gasteiger partial charge in [0.25, 0.3) is 0 Å². The molecule has 0 unspecified atom stereocenters. The molecule has 1 heterocycles. The SMILES string of the molecule is CC(C)(C)OC(=O)Nc1cccc(C(=O)C[C@@H](CC=O)C(F)(F)F)n1. The highest BCUT2D eigenvalue weighted by atomic mass is 19.4. The molecule has 1 rings (SSSR count). The predicted molar refractivity (Wildman–Crippen MR) is 83.3 cm³/mol. The summed E-state index contributed by atoms with van der Waals surface area (Å²) in [7, 11) is 0. The van der Waals surface area contributed by atoms with Crippen LogP contribution in [0.3, 0.4) is 0 Å². The molecule has 138 valence electrons. The summed E-state index contributed by atoms with van der Waals surface area (Å²) in [6.07, 6.45) is -7.04. The molecular formula is C16H19F3N2O4. The third-order valence-corrected chi connectivity index (χ3v) is 2.94. The van der Waals surface area contributed by atoms with E-state index in [0.717, 1.165) is 0 Å². The van der Waals surface area contributed by atoms with Gasteiger partial charge in [-0.2, -0.15) is 13.2 Å². The minimum atomic E-state index is -4.66. The molecule has 25 heavy (non-hydrogen) atoms. The van der Waals surface area contributed by atoms with Crippen LogP contribution in [-0.4, -0.2) is 34.9 Å². The zero-order valence-corrected chi connectivity index (χ0v) is 14.0. The van der Waals surface area contributed by atoms with Crippen LogP contribution in [0.2, 0.25) is 0 Å². The van der Waals surface area contributed by atoms with E-state index < -0.39 is 42.4 Å². The number of nitrogens with zero attached hydrogens (tertiary/aromatic N) is 1. The first-order valence-corrected chi connectivity index (χ1v) is 7.43. The van der Waals surface area contributed by atoms with Gasteiger partial charge in [0.05, 0.1) is 5.92 Å². The molecule has 0 aliphatic heterocycles. The van der Waals surface area contributed by atoms with Crippen LogP contribution < -0.4 is 5.32 Å². The number of ketones is 1. The van der Waals surface area contributed by atoms with Crippen LogP contribution in [0, 0.1) is 5.92 Å². The van der Waals surface area contributed by atoms with Crippen molar-refractivity contribution in [3.8, 4) is 0 Å². The molecule has 0 fully saturated rings. The van der Waals surface area contributed by atoms with Crippen LogP contribution in [0.1, 0.15) is 44.1 Å². The number of Topliss-reactive ketones (excluding diaryl/α,β-unsaturated/α-hetero) is 1. The minimum absolute atomic E-state index is 0.0287. The number of carbonyl (C=O) groups excluding carboxylic acids is 3. The Labute approximate surface area is 142 Å². The topological polar surface area (TPSA) is 85.4 Å². The molecule has 1 N–H and O–H groups in total. The van der Waals surface area contributed by atoms with Gasteiger partial charge in [0.15, 0.2) is 5.78 Å². The van der Waals surface area contributed by atoms with Crippen molar-refractivity contribution in [1.29, 1.82) is 0 Å². The second-order valence-corrected chi connectivity index (χ2v) is 6.30. The van der Waals surface area contributed by atoms with Crippen molar-refractivity contribution in [2.24, 2.45) is 5.92 Å². The number of rotatable bonds is 6. The van der Waals surface area contributed by atoms with Crippen molar-refractivity contribution in [3.63, 3.8) is 0 Å². The average Bonchev–Trinajstić information content (AvgIpc) is 2.43. The van der Waals surface area contributed by atoms with Gasteiger partial charge in [-0.1, -0.05) is 6.07 Å². The quantitative estimate of drug-likeness (QED) is 0.616. The third kappa shape index (κ3) is 7.32. The van der Waals surface area contributed by atoms with Gasteiger partial charge in [0.2, 0.25) is 0 Å². The van der Waals surface area contributed by atoms with Crippen LogP contribution in [0.25, 0.3) is 0 Å². The van der Waals surface area contributed by atoms with Crippen molar-refractivity contribution in [3.05, 3.63) is 23.9 Å². The molecular weight excluding hydrogens is 341 g/mol. The van der Waals surface area contributed by atoms with Crippen LogP contribution in [0.5, 0.6) is 0 Å². The highest BCUT2D eigenvalue weighted by Crippen LogP contribution is 2.31. The van der Waals surface area contributed by atoms with E-state index in [-0.39, 0.29) is 17.8 Å². The molecule has 0 saturated heterocycles. The molecule has 1 atom stereocenters. The number of amides is 1. The normalized spacial score (nSPS) is 13.0. The van der Waals surface area contributed by atoms with Crippen molar-refractivity contribution >= 4 is 24.0 Å². The summed E-state index contributed by atoms with van der Waals surface area (Å²) < 4.78 is 43.4. The number of carbonyl (C=O) groups is 3.